The van der Waals surface area contributed by atoms with Crippen molar-refractivity contribution in [2.24, 2.45) is 0 Å². The molecule has 0 spiro atoms. The predicted molar refractivity (Wildman–Crippen MR) is 76.2 cm³/mol. The van der Waals surface area contributed by atoms with Crippen LogP contribution in [0.25, 0.3) is 0 Å². The molecule has 0 aromatic heterocycles. The molecule has 2 aliphatic rings. The van der Waals surface area contributed by atoms with Crippen molar-refractivity contribution in [3.63, 3.8) is 0 Å². The second-order valence-corrected chi connectivity index (χ2v) is 5.53. The van der Waals surface area contributed by atoms with Crippen molar-refractivity contribution < 1.29 is 9.59 Å². The largest absolute Gasteiger partial charge is 0.335 e. The van der Waals surface area contributed by atoms with E-state index in [1.807, 2.05) is 24.3 Å². The van der Waals surface area contributed by atoms with E-state index in [1.165, 1.54) is 6.42 Å². The van der Waals surface area contributed by atoms with Gasteiger partial charge in [0.05, 0.1) is 6.54 Å². The van der Waals surface area contributed by atoms with Gasteiger partial charge >= 0.3 is 6.03 Å². The van der Waals surface area contributed by atoms with Gasteiger partial charge in [-0.3, -0.25) is 4.79 Å². The van der Waals surface area contributed by atoms with Gasteiger partial charge in [-0.1, -0.05) is 18.2 Å². The van der Waals surface area contributed by atoms with Gasteiger partial charge in [0, 0.05) is 11.7 Å². The number of rotatable bonds is 1. The number of hydrogen-bond acceptors (Lipinski definition) is 2. The fourth-order valence-electron chi connectivity index (χ4n) is 2.54. The van der Waals surface area contributed by atoms with Crippen LogP contribution in [0, 0.1) is 0 Å². The van der Waals surface area contributed by atoms with Crippen LogP contribution in [0.15, 0.2) is 24.3 Å². The minimum absolute atomic E-state index is 0.140. The highest BCUT2D eigenvalue weighted by Gasteiger charge is 2.31. The fraction of sp³-hybridized carbons (Fsp3) is 0.467. The number of anilines is 1. The van der Waals surface area contributed by atoms with Crippen molar-refractivity contribution in [2.75, 3.05) is 5.32 Å². The summed E-state index contributed by atoms with van der Waals surface area (Å²) >= 11 is 0. The quantitative estimate of drug-likeness (QED) is 0.823. The van der Waals surface area contributed by atoms with Crippen LogP contribution in [-0.4, -0.2) is 28.9 Å². The lowest BCUT2D eigenvalue weighted by molar-refractivity contribution is -0.119. The Balaban J connectivity index is 1.81. The minimum atomic E-state index is -0.470. The number of carbonyl (C=O) groups is 2. The smallest absolute Gasteiger partial charge is 0.318 e. The van der Waals surface area contributed by atoms with Gasteiger partial charge in [0.25, 0.3) is 0 Å². The van der Waals surface area contributed by atoms with E-state index in [2.05, 4.69) is 10.6 Å². The molecule has 20 heavy (non-hydrogen) atoms. The highest BCUT2D eigenvalue weighted by Crippen LogP contribution is 2.24. The SMILES string of the molecule is CC1C(=O)Nc2ccccc2CN1C(=O)NC1CCC1. The standard InChI is InChI=1S/C15H19N3O2/c1-10-14(19)17-13-8-3-2-5-11(13)9-18(10)15(20)16-12-6-4-7-12/h2-3,5,8,10,12H,4,6-7,9H2,1H3,(H,16,20)(H,17,19). The maximum atomic E-state index is 12.4. The van der Waals surface area contributed by atoms with Crippen LogP contribution in [0.1, 0.15) is 31.7 Å². The number of urea groups is 1. The molecule has 2 N–H and O–H groups in total. The third-order valence-corrected chi connectivity index (χ3v) is 4.16. The van der Waals surface area contributed by atoms with Crippen LogP contribution >= 0.6 is 0 Å². The van der Waals surface area contributed by atoms with Crippen molar-refractivity contribution >= 4 is 17.6 Å². The van der Waals surface area contributed by atoms with Gasteiger partial charge < -0.3 is 15.5 Å². The predicted octanol–water partition coefficient (Wildman–Crippen LogP) is 2.09. The molecule has 5 heteroatoms. The van der Waals surface area contributed by atoms with Gasteiger partial charge in [-0.05, 0) is 37.8 Å². The molecule has 1 aromatic rings. The number of fused-ring (bicyclic) bond motifs is 1. The molecule has 1 saturated carbocycles. The van der Waals surface area contributed by atoms with Gasteiger partial charge in [-0.15, -0.1) is 0 Å². The summed E-state index contributed by atoms with van der Waals surface area (Å²) in [4.78, 5) is 26.1. The summed E-state index contributed by atoms with van der Waals surface area (Å²) in [6.07, 6.45) is 3.25. The van der Waals surface area contributed by atoms with Gasteiger partial charge in [-0.2, -0.15) is 0 Å². The van der Waals surface area contributed by atoms with Crippen molar-refractivity contribution in [3.05, 3.63) is 29.8 Å². The molecule has 1 aromatic carbocycles. The van der Waals surface area contributed by atoms with Crippen molar-refractivity contribution in [2.45, 2.75) is 44.8 Å². The van der Waals surface area contributed by atoms with Crippen LogP contribution in [0.4, 0.5) is 10.5 Å². The molecule has 106 valence electrons. The van der Waals surface area contributed by atoms with E-state index in [0.717, 1.165) is 24.1 Å². The normalized spacial score (nSPS) is 22.4. The highest BCUT2D eigenvalue weighted by atomic mass is 16.2. The molecule has 1 aliphatic carbocycles. The molecule has 3 amide bonds. The summed E-state index contributed by atoms with van der Waals surface area (Å²) in [5.74, 6) is -0.140. The zero-order valence-corrected chi connectivity index (χ0v) is 11.6. The van der Waals surface area contributed by atoms with E-state index in [1.54, 1.807) is 11.8 Å². The average molecular weight is 273 g/mol. The van der Waals surface area contributed by atoms with Gasteiger partial charge in [-0.25, -0.2) is 4.79 Å². The summed E-state index contributed by atoms with van der Waals surface area (Å²) in [5, 5.41) is 5.88. The van der Waals surface area contributed by atoms with Crippen LogP contribution in [-0.2, 0) is 11.3 Å². The number of nitrogens with zero attached hydrogens (tertiary/aromatic N) is 1. The molecule has 1 heterocycles. The topological polar surface area (TPSA) is 61.4 Å². The van der Waals surface area contributed by atoms with E-state index in [4.69, 9.17) is 0 Å². The van der Waals surface area contributed by atoms with Gasteiger partial charge in [0.2, 0.25) is 5.91 Å². The van der Waals surface area contributed by atoms with Crippen LogP contribution < -0.4 is 10.6 Å². The zero-order valence-electron chi connectivity index (χ0n) is 11.6. The van der Waals surface area contributed by atoms with Crippen LogP contribution in [0.3, 0.4) is 0 Å². The lowest BCUT2D eigenvalue weighted by Gasteiger charge is -2.32. The first-order valence-corrected chi connectivity index (χ1v) is 7.11. The molecular weight excluding hydrogens is 254 g/mol. The average Bonchev–Trinajstić information content (AvgIpc) is 2.52. The third kappa shape index (κ3) is 2.35. The molecule has 3 rings (SSSR count). The summed E-state index contributed by atoms with van der Waals surface area (Å²) in [5.41, 5.74) is 1.76. The zero-order chi connectivity index (χ0) is 14.1. The third-order valence-electron chi connectivity index (χ3n) is 4.16. The number of hydrogen-bond donors (Lipinski definition) is 2. The van der Waals surface area contributed by atoms with Gasteiger partial charge in [0.15, 0.2) is 0 Å². The van der Waals surface area contributed by atoms with Crippen molar-refractivity contribution in [3.8, 4) is 0 Å². The molecule has 1 fully saturated rings. The number of nitrogens with one attached hydrogen (secondary N) is 2. The highest BCUT2D eigenvalue weighted by molar-refractivity contribution is 5.98. The first kappa shape index (κ1) is 13.0. The molecule has 0 bridgehead atoms. The summed E-state index contributed by atoms with van der Waals surface area (Å²) in [7, 11) is 0. The number of para-hydroxylation sites is 1. The number of benzene rings is 1. The fourth-order valence-corrected chi connectivity index (χ4v) is 2.54. The molecular formula is C15H19N3O2. The van der Waals surface area contributed by atoms with E-state index in [9.17, 15) is 9.59 Å². The van der Waals surface area contributed by atoms with Crippen LogP contribution in [0.5, 0.6) is 0 Å². The van der Waals surface area contributed by atoms with Crippen molar-refractivity contribution in [1.82, 2.24) is 10.2 Å². The Labute approximate surface area is 118 Å². The van der Waals surface area contributed by atoms with Gasteiger partial charge in [0.1, 0.15) is 6.04 Å². The minimum Gasteiger partial charge on any atom is -0.335 e. The summed E-state index contributed by atoms with van der Waals surface area (Å²) in [6.45, 7) is 2.22. The molecule has 5 nitrogen and oxygen atoms in total. The lowest BCUT2D eigenvalue weighted by atomic mass is 9.93. The maximum absolute atomic E-state index is 12.4. The number of carbonyl (C=O) groups excluding carboxylic acids is 2. The Morgan fingerprint density at radius 3 is 2.80 bits per heavy atom. The Hall–Kier alpha value is -2.04. The lowest BCUT2D eigenvalue weighted by Crippen LogP contribution is -2.51. The molecule has 1 atom stereocenters. The number of amides is 3. The Morgan fingerprint density at radius 1 is 1.35 bits per heavy atom. The second kappa shape index (κ2) is 5.15. The van der Waals surface area contributed by atoms with E-state index < -0.39 is 6.04 Å². The summed E-state index contributed by atoms with van der Waals surface area (Å²) < 4.78 is 0. The second-order valence-electron chi connectivity index (χ2n) is 5.53. The first-order valence-electron chi connectivity index (χ1n) is 7.11. The summed E-state index contributed by atoms with van der Waals surface area (Å²) in [6, 6.07) is 7.27. The van der Waals surface area contributed by atoms with Crippen LogP contribution in [0.2, 0.25) is 0 Å². The van der Waals surface area contributed by atoms with E-state index in [0.29, 0.717) is 6.54 Å². The monoisotopic (exact) mass is 273 g/mol. The van der Waals surface area contributed by atoms with E-state index >= 15 is 0 Å². The molecule has 0 radical (unpaired) electrons. The Morgan fingerprint density at radius 2 is 2.10 bits per heavy atom. The Bertz CT molecular complexity index is 540. The first-order chi connectivity index (χ1) is 9.65. The Kier molecular flexibility index (Phi) is 3.34. The maximum Gasteiger partial charge on any atom is 0.318 e. The van der Waals surface area contributed by atoms with Crippen molar-refractivity contribution in [1.29, 1.82) is 0 Å². The molecule has 1 aliphatic heterocycles. The van der Waals surface area contributed by atoms with E-state index in [-0.39, 0.29) is 18.0 Å². The molecule has 1 unspecified atom stereocenters. The molecule has 0 saturated heterocycles.